The maximum absolute atomic E-state index is 14.5. The van der Waals surface area contributed by atoms with Crippen molar-refractivity contribution in [2.75, 3.05) is 6.61 Å². The number of allylic oxidation sites excluding steroid dienone is 2. The van der Waals surface area contributed by atoms with E-state index in [1.165, 1.54) is 13.0 Å². The highest BCUT2D eigenvalue weighted by Gasteiger charge is 2.45. The number of carbonyl (C=O) groups is 1. The van der Waals surface area contributed by atoms with Crippen molar-refractivity contribution >= 4 is 5.97 Å². The highest BCUT2D eigenvalue weighted by molar-refractivity contribution is 5.92. The number of rotatable bonds is 3. The zero-order valence-corrected chi connectivity index (χ0v) is 14.4. The Bertz CT molecular complexity index is 944. The Hall–Kier alpha value is -3.16. The molecule has 11 heteroatoms. The number of nitrogens with two attached hydrogens (primary N) is 1. The van der Waals surface area contributed by atoms with Crippen LogP contribution in [-0.2, 0) is 20.4 Å². The summed E-state index contributed by atoms with van der Waals surface area (Å²) in [6.07, 6.45) is -5.34. The van der Waals surface area contributed by atoms with E-state index in [4.69, 9.17) is 15.2 Å². The summed E-state index contributed by atoms with van der Waals surface area (Å²) in [6.45, 7) is 2.29. The average molecular weight is 406 g/mol. The van der Waals surface area contributed by atoms with Gasteiger partial charge in [-0.2, -0.15) is 18.4 Å². The quantitative estimate of drug-likeness (QED) is 0.469. The van der Waals surface area contributed by atoms with Gasteiger partial charge in [0.1, 0.15) is 17.4 Å². The number of esters is 1. The third-order valence-electron chi connectivity index (χ3n) is 3.90. The molecule has 5 nitrogen and oxygen atoms in total. The van der Waals surface area contributed by atoms with Gasteiger partial charge in [-0.25, -0.2) is 18.0 Å². The standard InChI is InChI=1S/C17H12F6N2O3/c1-3-27-16(26)10-6(2)28-15(25)7(5-24)11(10)12-8(17(21,22)23)4-9(18)13(19)14(12)20/h4,11H,3,25H2,1-2H3. The van der Waals surface area contributed by atoms with Gasteiger partial charge in [-0.1, -0.05) is 0 Å². The minimum absolute atomic E-state index is 0.212. The normalized spacial score (nSPS) is 17.3. The van der Waals surface area contributed by atoms with Gasteiger partial charge in [-0.3, -0.25) is 0 Å². The summed E-state index contributed by atoms with van der Waals surface area (Å²) in [5.74, 6) is -10.9. The lowest BCUT2D eigenvalue weighted by Gasteiger charge is -2.29. The number of carbonyl (C=O) groups excluding carboxylic acids is 1. The number of halogens is 6. The Morgan fingerprint density at radius 3 is 2.43 bits per heavy atom. The van der Waals surface area contributed by atoms with Gasteiger partial charge >= 0.3 is 12.1 Å². The van der Waals surface area contributed by atoms with Crippen molar-refractivity contribution in [1.82, 2.24) is 0 Å². The lowest BCUT2D eigenvalue weighted by molar-refractivity contribution is -0.141. The predicted molar refractivity (Wildman–Crippen MR) is 81.3 cm³/mol. The molecule has 1 aliphatic rings. The summed E-state index contributed by atoms with van der Waals surface area (Å²) in [5.41, 5.74) is 0.632. The maximum Gasteiger partial charge on any atom is 0.416 e. The first-order valence-corrected chi connectivity index (χ1v) is 7.65. The SMILES string of the molecule is CCOC(=O)C1=C(C)OC(N)=C(C#N)C1c1c(C(F)(F)F)cc(F)c(F)c1F. The van der Waals surface area contributed by atoms with E-state index in [0.29, 0.717) is 0 Å². The Labute approximate surface area is 154 Å². The molecule has 2 N–H and O–H groups in total. The van der Waals surface area contributed by atoms with E-state index in [2.05, 4.69) is 0 Å². The fourth-order valence-electron chi connectivity index (χ4n) is 2.77. The summed E-state index contributed by atoms with van der Waals surface area (Å²) in [4.78, 5) is 12.3. The van der Waals surface area contributed by atoms with Crippen molar-refractivity contribution < 1.29 is 40.6 Å². The van der Waals surface area contributed by atoms with E-state index in [1.807, 2.05) is 0 Å². The zero-order chi connectivity index (χ0) is 21.4. The summed E-state index contributed by atoms with van der Waals surface area (Å²) in [6, 6.07) is 1.17. The van der Waals surface area contributed by atoms with E-state index in [-0.39, 0.29) is 18.4 Å². The van der Waals surface area contributed by atoms with Crippen molar-refractivity contribution in [3.8, 4) is 6.07 Å². The van der Waals surface area contributed by atoms with E-state index < -0.39 is 63.7 Å². The van der Waals surface area contributed by atoms with Crippen LogP contribution < -0.4 is 5.73 Å². The van der Waals surface area contributed by atoms with Gasteiger partial charge in [-0.15, -0.1) is 0 Å². The molecule has 0 saturated heterocycles. The number of alkyl halides is 3. The average Bonchev–Trinajstić information content (AvgIpc) is 2.58. The fraction of sp³-hybridized carbons (Fsp3) is 0.294. The maximum atomic E-state index is 14.5. The molecule has 1 aliphatic heterocycles. The van der Waals surface area contributed by atoms with Gasteiger partial charge in [0.05, 0.1) is 23.7 Å². The molecule has 1 unspecified atom stereocenters. The van der Waals surface area contributed by atoms with Gasteiger partial charge in [0.25, 0.3) is 0 Å². The predicted octanol–water partition coefficient (Wildman–Crippen LogP) is 3.77. The van der Waals surface area contributed by atoms with Crippen LogP contribution in [0.5, 0.6) is 0 Å². The molecule has 1 aromatic rings. The third kappa shape index (κ3) is 3.49. The van der Waals surface area contributed by atoms with E-state index >= 15 is 0 Å². The second-order valence-corrected chi connectivity index (χ2v) is 5.56. The molecule has 2 rings (SSSR count). The lowest BCUT2D eigenvalue weighted by Crippen LogP contribution is -2.28. The minimum Gasteiger partial charge on any atom is -0.463 e. The van der Waals surface area contributed by atoms with Gasteiger partial charge in [0.2, 0.25) is 5.88 Å². The lowest BCUT2D eigenvalue weighted by atomic mass is 9.80. The molecule has 0 bridgehead atoms. The number of hydrogen-bond donors (Lipinski definition) is 1. The Morgan fingerprint density at radius 1 is 1.32 bits per heavy atom. The number of nitriles is 1. The van der Waals surface area contributed by atoms with E-state index in [0.717, 1.165) is 6.92 Å². The molecule has 0 fully saturated rings. The second-order valence-electron chi connectivity index (χ2n) is 5.56. The van der Waals surface area contributed by atoms with Crippen LogP contribution in [0.2, 0.25) is 0 Å². The summed E-state index contributed by atoms with van der Waals surface area (Å²) in [5, 5.41) is 9.30. The van der Waals surface area contributed by atoms with Crippen LogP contribution in [0.4, 0.5) is 26.3 Å². The third-order valence-corrected chi connectivity index (χ3v) is 3.90. The van der Waals surface area contributed by atoms with Crippen LogP contribution in [0.1, 0.15) is 30.9 Å². The molecular weight excluding hydrogens is 394 g/mol. The molecule has 0 aliphatic carbocycles. The van der Waals surface area contributed by atoms with Crippen LogP contribution in [0.3, 0.4) is 0 Å². The first-order valence-electron chi connectivity index (χ1n) is 7.65. The van der Waals surface area contributed by atoms with Gasteiger partial charge < -0.3 is 15.2 Å². The zero-order valence-electron chi connectivity index (χ0n) is 14.4. The number of ether oxygens (including phenoxy) is 2. The molecular formula is C17H12F6N2O3. The van der Waals surface area contributed by atoms with E-state index in [1.54, 1.807) is 0 Å². The Balaban J connectivity index is 2.95. The van der Waals surface area contributed by atoms with E-state index in [9.17, 15) is 36.4 Å². The van der Waals surface area contributed by atoms with Crippen LogP contribution in [-0.4, -0.2) is 12.6 Å². The van der Waals surface area contributed by atoms with Gasteiger partial charge in [0, 0.05) is 5.56 Å². The molecule has 0 spiro atoms. The highest BCUT2D eigenvalue weighted by Crippen LogP contribution is 2.46. The molecule has 0 radical (unpaired) electrons. The van der Waals surface area contributed by atoms with Gasteiger partial charge in [0.15, 0.2) is 17.5 Å². The van der Waals surface area contributed by atoms with Crippen molar-refractivity contribution in [3.05, 3.63) is 57.4 Å². The monoisotopic (exact) mass is 406 g/mol. The van der Waals surface area contributed by atoms with Crippen molar-refractivity contribution in [2.45, 2.75) is 25.9 Å². The Morgan fingerprint density at radius 2 is 1.93 bits per heavy atom. The first kappa shape index (κ1) is 21.1. The van der Waals surface area contributed by atoms with Crippen molar-refractivity contribution in [3.63, 3.8) is 0 Å². The molecule has 0 saturated carbocycles. The highest BCUT2D eigenvalue weighted by atomic mass is 19.4. The molecule has 0 amide bonds. The summed E-state index contributed by atoms with van der Waals surface area (Å²) in [7, 11) is 0. The van der Waals surface area contributed by atoms with Crippen LogP contribution >= 0.6 is 0 Å². The molecule has 1 aromatic carbocycles. The summed E-state index contributed by atoms with van der Waals surface area (Å²) >= 11 is 0. The number of nitrogens with zero attached hydrogens (tertiary/aromatic N) is 1. The molecule has 28 heavy (non-hydrogen) atoms. The first-order chi connectivity index (χ1) is 12.9. The largest absolute Gasteiger partial charge is 0.463 e. The number of hydrogen-bond acceptors (Lipinski definition) is 5. The molecule has 150 valence electrons. The Kier molecular flexibility index (Phi) is 5.63. The van der Waals surface area contributed by atoms with Crippen LogP contribution in [0, 0.1) is 28.8 Å². The van der Waals surface area contributed by atoms with Crippen molar-refractivity contribution in [1.29, 1.82) is 5.26 Å². The summed E-state index contributed by atoms with van der Waals surface area (Å²) < 4.78 is 91.9. The smallest absolute Gasteiger partial charge is 0.416 e. The van der Waals surface area contributed by atoms with Crippen molar-refractivity contribution in [2.24, 2.45) is 5.73 Å². The number of benzene rings is 1. The fourth-order valence-corrected chi connectivity index (χ4v) is 2.77. The topological polar surface area (TPSA) is 85.3 Å². The van der Waals surface area contributed by atoms with Gasteiger partial charge in [-0.05, 0) is 19.9 Å². The molecule has 1 atom stereocenters. The van der Waals surface area contributed by atoms with Crippen LogP contribution in [0.25, 0.3) is 0 Å². The second kappa shape index (κ2) is 7.46. The molecule has 1 heterocycles. The minimum atomic E-state index is -5.34. The molecule has 0 aromatic heterocycles. The van der Waals surface area contributed by atoms with Crippen LogP contribution in [0.15, 0.2) is 28.9 Å².